The van der Waals surface area contributed by atoms with Crippen molar-refractivity contribution in [1.82, 2.24) is 16.1 Å². The Morgan fingerprint density at radius 1 is 1.32 bits per heavy atom. The standard InChI is InChI=1S/C13H26N4O3.C2H6.2H2/c1-8(2)9(3)12(18)16-11(13(19)17-14)6-10-7-15-4-5-20-10;1-2;;/h8-11,15H,4-7,14H2,1-3H3,(H,16,18)(H,17,19);1-2H3;2*1H/t9-,10-,11-;;;/m0.../s1. The molecule has 0 aliphatic carbocycles. The normalized spacial score (nSPS) is 20.4. The first-order chi connectivity index (χ1) is 10.5. The number of morpholine rings is 1. The van der Waals surface area contributed by atoms with Crippen LogP contribution in [0.1, 0.15) is 43.9 Å². The molecule has 3 atom stereocenters. The molecule has 7 heteroatoms. The molecule has 7 nitrogen and oxygen atoms in total. The summed E-state index contributed by atoms with van der Waals surface area (Å²) in [5.74, 6) is 4.69. The number of carbonyl (C=O) groups is 2. The molecule has 134 valence electrons. The first-order valence-corrected chi connectivity index (χ1v) is 8.08. The Hall–Kier alpha value is -1.18. The van der Waals surface area contributed by atoms with Gasteiger partial charge in [-0.25, -0.2) is 5.84 Å². The number of rotatable bonds is 6. The van der Waals surface area contributed by atoms with E-state index < -0.39 is 11.9 Å². The van der Waals surface area contributed by atoms with Gasteiger partial charge in [0.15, 0.2) is 0 Å². The molecule has 0 spiro atoms. The highest BCUT2D eigenvalue weighted by Crippen LogP contribution is 2.11. The number of hydrazine groups is 1. The number of ether oxygens (including phenoxy) is 1. The van der Waals surface area contributed by atoms with E-state index in [1.54, 1.807) is 0 Å². The SMILES string of the molecule is CC.CC(C)[C@H](C)C(=O)N[C@@H](C[C@H]1CNCCO1)C(=O)NN.[HH].[HH]. The van der Waals surface area contributed by atoms with Gasteiger partial charge in [0.1, 0.15) is 6.04 Å². The zero-order chi connectivity index (χ0) is 17.1. The van der Waals surface area contributed by atoms with Crippen LogP contribution in [-0.2, 0) is 14.3 Å². The van der Waals surface area contributed by atoms with Gasteiger partial charge in [0.2, 0.25) is 5.91 Å². The Morgan fingerprint density at radius 2 is 1.95 bits per heavy atom. The van der Waals surface area contributed by atoms with E-state index in [0.29, 0.717) is 19.6 Å². The minimum atomic E-state index is -0.668. The molecule has 0 aromatic heterocycles. The lowest BCUT2D eigenvalue weighted by Crippen LogP contribution is -2.53. The Kier molecular flexibility index (Phi) is 10.8. The van der Waals surface area contributed by atoms with Crippen molar-refractivity contribution in [1.29, 1.82) is 0 Å². The molecule has 0 bridgehead atoms. The maximum absolute atomic E-state index is 12.1. The number of nitrogens with two attached hydrogens (primary N) is 1. The van der Waals surface area contributed by atoms with E-state index in [4.69, 9.17) is 10.6 Å². The van der Waals surface area contributed by atoms with E-state index in [0.717, 1.165) is 6.54 Å². The third-order valence-corrected chi connectivity index (χ3v) is 3.69. The fourth-order valence-corrected chi connectivity index (χ4v) is 1.97. The van der Waals surface area contributed by atoms with Crippen LogP contribution in [0.2, 0.25) is 0 Å². The Labute approximate surface area is 136 Å². The van der Waals surface area contributed by atoms with Gasteiger partial charge in [-0.3, -0.25) is 15.0 Å². The fourth-order valence-electron chi connectivity index (χ4n) is 1.97. The molecule has 0 radical (unpaired) electrons. The summed E-state index contributed by atoms with van der Waals surface area (Å²) >= 11 is 0. The highest BCUT2D eigenvalue weighted by molar-refractivity contribution is 5.88. The molecule has 1 rings (SSSR count). The summed E-state index contributed by atoms with van der Waals surface area (Å²) in [6.07, 6.45) is 0.313. The zero-order valence-electron chi connectivity index (χ0n) is 14.4. The van der Waals surface area contributed by atoms with Crippen LogP contribution in [0.5, 0.6) is 0 Å². The van der Waals surface area contributed by atoms with Crippen LogP contribution in [0.3, 0.4) is 0 Å². The van der Waals surface area contributed by atoms with E-state index in [2.05, 4.69) is 16.1 Å². The summed E-state index contributed by atoms with van der Waals surface area (Å²) in [6.45, 7) is 11.9. The summed E-state index contributed by atoms with van der Waals surface area (Å²) in [6, 6.07) is -0.668. The van der Waals surface area contributed by atoms with Crippen molar-refractivity contribution in [2.45, 2.75) is 53.2 Å². The van der Waals surface area contributed by atoms with Crippen LogP contribution in [0.25, 0.3) is 0 Å². The van der Waals surface area contributed by atoms with Gasteiger partial charge >= 0.3 is 0 Å². The number of hydrogen-bond acceptors (Lipinski definition) is 5. The number of hydrogen-bond donors (Lipinski definition) is 4. The average molecular weight is 320 g/mol. The third kappa shape index (κ3) is 7.20. The smallest absolute Gasteiger partial charge is 0.256 e. The van der Waals surface area contributed by atoms with Crippen LogP contribution in [0.15, 0.2) is 0 Å². The van der Waals surface area contributed by atoms with Gasteiger partial charge in [0, 0.05) is 28.3 Å². The highest BCUT2D eigenvalue weighted by atomic mass is 16.5. The van der Waals surface area contributed by atoms with Gasteiger partial charge in [0.25, 0.3) is 5.91 Å². The van der Waals surface area contributed by atoms with Crippen molar-refractivity contribution in [2.24, 2.45) is 17.7 Å². The van der Waals surface area contributed by atoms with Gasteiger partial charge < -0.3 is 15.4 Å². The second-order valence-corrected chi connectivity index (χ2v) is 5.54. The summed E-state index contributed by atoms with van der Waals surface area (Å²) in [4.78, 5) is 23.9. The van der Waals surface area contributed by atoms with Crippen LogP contribution < -0.4 is 21.9 Å². The van der Waals surface area contributed by atoms with E-state index in [1.807, 2.05) is 34.6 Å². The van der Waals surface area contributed by atoms with E-state index in [1.165, 1.54) is 0 Å². The topological polar surface area (TPSA) is 105 Å². The lowest BCUT2D eigenvalue weighted by molar-refractivity contribution is -0.132. The van der Waals surface area contributed by atoms with E-state index >= 15 is 0 Å². The van der Waals surface area contributed by atoms with Gasteiger partial charge in [-0.15, -0.1) is 0 Å². The second-order valence-electron chi connectivity index (χ2n) is 5.54. The van der Waals surface area contributed by atoms with Crippen molar-refractivity contribution >= 4 is 11.8 Å². The monoisotopic (exact) mass is 320 g/mol. The first kappa shape index (κ1) is 20.8. The maximum Gasteiger partial charge on any atom is 0.256 e. The summed E-state index contributed by atoms with van der Waals surface area (Å²) < 4.78 is 5.56. The molecule has 0 aromatic rings. The molecular weight excluding hydrogens is 284 g/mol. The van der Waals surface area contributed by atoms with Crippen LogP contribution in [-0.4, -0.2) is 43.7 Å². The molecule has 0 aromatic carbocycles. The fraction of sp³-hybridized carbons (Fsp3) is 0.867. The van der Waals surface area contributed by atoms with Crippen molar-refractivity contribution in [3.8, 4) is 0 Å². The van der Waals surface area contributed by atoms with Crippen molar-refractivity contribution < 1.29 is 17.2 Å². The molecule has 0 saturated carbocycles. The molecule has 5 N–H and O–H groups in total. The average Bonchev–Trinajstić information content (AvgIpc) is 2.55. The second kappa shape index (κ2) is 11.4. The molecule has 1 aliphatic heterocycles. The number of carbonyl (C=O) groups excluding carboxylic acids is 2. The van der Waals surface area contributed by atoms with Gasteiger partial charge in [-0.05, 0) is 5.92 Å². The predicted octanol–water partition coefficient (Wildman–Crippen LogP) is 0.650. The Bertz CT molecular complexity index is 341. The minimum Gasteiger partial charge on any atom is -0.375 e. The van der Waals surface area contributed by atoms with Gasteiger partial charge in [-0.2, -0.15) is 0 Å². The van der Waals surface area contributed by atoms with E-state index in [-0.39, 0.29) is 26.7 Å². The summed E-state index contributed by atoms with van der Waals surface area (Å²) in [5.41, 5.74) is 2.10. The Balaban J connectivity index is -0.00000106. The maximum atomic E-state index is 12.1. The van der Waals surface area contributed by atoms with E-state index in [9.17, 15) is 9.59 Å². The lowest BCUT2D eigenvalue weighted by atomic mass is 9.96. The molecule has 22 heavy (non-hydrogen) atoms. The van der Waals surface area contributed by atoms with Crippen molar-refractivity contribution in [3.05, 3.63) is 0 Å². The summed E-state index contributed by atoms with van der Waals surface area (Å²) in [7, 11) is 0. The van der Waals surface area contributed by atoms with Crippen molar-refractivity contribution in [2.75, 3.05) is 19.7 Å². The van der Waals surface area contributed by atoms with Crippen LogP contribution in [0, 0.1) is 11.8 Å². The largest absolute Gasteiger partial charge is 0.375 e. The van der Waals surface area contributed by atoms with Crippen LogP contribution >= 0.6 is 0 Å². The quantitative estimate of drug-likeness (QED) is 0.327. The lowest BCUT2D eigenvalue weighted by Gasteiger charge is -2.28. The molecule has 1 heterocycles. The number of nitrogens with one attached hydrogen (secondary N) is 3. The summed E-state index contributed by atoms with van der Waals surface area (Å²) in [5, 5.41) is 5.95. The molecule has 1 saturated heterocycles. The highest BCUT2D eigenvalue weighted by Gasteiger charge is 2.28. The minimum absolute atomic E-state index is 0. The first-order valence-electron chi connectivity index (χ1n) is 8.08. The zero-order valence-corrected chi connectivity index (χ0v) is 14.4. The van der Waals surface area contributed by atoms with Crippen LogP contribution in [0.4, 0.5) is 0 Å². The molecule has 1 aliphatic rings. The Morgan fingerprint density at radius 3 is 2.41 bits per heavy atom. The van der Waals surface area contributed by atoms with Crippen molar-refractivity contribution in [3.63, 3.8) is 0 Å². The predicted molar refractivity (Wildman–Crippen MR) is 91.1 cm³/mol. The molecule has 2 amide bonds. The van der Waals surface area contributed by atoms with Gasteiger partial charge in [0.05, 0.1) is 12.7 Å². The number of amides is 2. The third-order valence-electron chi connectivity index (χ3n) is 3.69. The molecular formula is C15H36N4O3. The molecule has 1 fully saturated rings. The molecule has 0 unspecified atom stereocenters. The van der Waals surface area contributed by atoms with Gasteiger partial charge in [-0.1, -0.05) is 34.6 Å².